The van der Waals surface area contributed by atoms with E-state index >= 15 is 0 Å². The Bertz CT molecular complexity index is 998. The van der Waals surface area contributed by atoms with Crippen LogP contribution in [0, 0.1) is 6.92 Å². The molecule has 0 atom stereocenters. The number of nitrogens with zero attached hydrogens (tertiary/aromatic N) is 3. The first-order chi connectivity index (χ1) is 14.6. The van der Waals surface area contributed by atoms with Crippen molar-refractivity contribution in [3.63, 3.8) is 0 Å². The van der Waals surface area contributed by atoms with Gasteiger partial charge in [0.05, 0.1) is 12.2 Å². The van der Waals surface area contributed by atoms with Crippen LogP contribution in [0.15, 0.2) is 53.9 Å². The number of carbonyl (C=O) groups is 1. The summed E-state index contributed by atoms with van der Waals surface area (Å²) in [4.78, 5) is 21.5. The molecule has 0 unspecified atom stereocenters. The molecule has 5 nitrogen and oxygen atoms in total. The molecule has 3 aromatic rings. The zero-order chi connectivity index (χ0) is 20.9. The average Bonchev–Trinajstić information content (AvgIpc) is 3.22. The zero-order valence-corrected chi connectivity index (χ0v) is 18.5. The molecule has 1 amide bonds. The van der Waals surface area contributed by atoms with Gasteiger partial charge in [-0.25, -0.2) is 4.98 Å². The van der Waals surface area contributed by atoms with E-state index in [0.29, 0.717) is 13.1 Å². The molecule has 2 heterocycles. The van der Waals surface area contributed by atoms with Crippen LogP contribution in [0.25, 0.3) is 11.3 Å². The highest BCUT2D eigenvalue weighted by Crippen LogP contribution is 2.24. The fourth-order valence-corrected chi connectivity index (χ4v) is 4.40. The quantitative estimate of drug-likeness (QED) is 0.565. The van der Waals surface area contributed by atoms with Crippen LogP contribution in [0.4, 0.5) is 0 Å². The number of hydrogen-bond donors (Lipinski definition) is 0. The van der Waals surface area contributed by atoms with E-state index in [1.54, 1.807) is 11.3 Å². The normalized spacial score (nSPS) is 14.7. The van der Waals surface area contributed by atoms with Crippen molar-refractivity contribution >= 4 is 28.8 Å². The highest BCUT2D eigenvalue weighted by molar-refractivity contribution is 7.09. The van der Waals surface area contributed by atoms with Crippen molar-refractivity contribution in [3.8, 4) is 17.0 Å². The summed E-state index contributed by atoms with van der Waals surface area (Å²) < 4.78 is 5.71. The topological polar surface area (TPSA) is 45.7 Å². The lowest BCUT2D eigenvalue weighted by Crippen LogP contribution is -2.49. The van der Waals surface area contributed by atoms with Gasteiger partial charge in [0.2, 0.25) is 0 Å². The Labute approximate surface area is 185 Å². The average molecular weight is 442 g/mol. The number of thiazole rings is 1. The van der Waals surface area contributed by atoms with E-state index in [1.807, 2.05) is 60.4 Å². The molecule has 0 spiro atoms. The van der Waals surface area contributed by atoms with Crippen molar-refractivity contribution < 1.29 is 9.53 Å². The Kier molecular flexibility index (Phi) is 6.67. The van der Waals surface area contributed by atoms with Gasteiger partial charge in [-0.15, -0.1) is 11.3 Å². The van der Waals surface area contributed by atoms with Crippen LogP contribution in [0.5, 0.6) is 5.75 Å². The number of carbonyl (C=O) groups excluding carboxylic acids is 1. The van der Waals surface area contributed by atoms with Crippen LogP contribution in [0.2, 0.25) is 5.02 Å². The minimum absolute atomic E-state index is 0.0391. The van der Waals surface area contributed by atoms with Crippen LogP contribution in [0.1, 0.15) is 10.6 Å². The Morgan fingerprint density at radius 3 is 2.57 bits per heavy atom. The van der Waals surface area contributed by atoms with Gasteiger partial charge in [-0.3, -0.25) is 9.69 Å². The minimum atomic E-state index is 0.0391. The summed E-state index contributed by atoms with van der Waals surface area (Å²) >= 11 is 7.63. The van der Waals surface area contributed by atoms with E-state index in [0.717, 1.165) is 52.2 Å². The number of aryl methyl sites for hydroxylation is 1. The second-order valence-electron chi connectivity index (χ2n) is 7.34. The first-order valence-corrected chi connectivity index (χ1v) is 11.2. The molecule has 2 aromatic carbocycles. The monoisotopic (exact) mass is 441 g/mol. The predicted octanol–water partition coefficient (Wildman–Crippen LogP) is 4.50. The van der Waals surface area contributed by atoms with Crippen molar-refractivity contribution in [2.75, 3.05) is 32.8 Å². The fourth-order valence-electron chi connectivity index (χ4n) is 3.43. The van der Waals surface area contributed by atoms with E-state index < -0.39 is 0 Å². The summed E-state index contributed by atoms with van der Waals surface area (Å²) in [6, 6.07) is 15.5. The fraction of sp³-hybridized carbons (Fsp3) is 0.304. The van der Waals surface area contributed by atoms with Gasteiger partial charge >= 0.3 is 0 Å². The van der Waals surface area contributed by atoms with Crippen LogP contribution >= 0.6 is 22.9 Å². The van der Waals surface area contributed by atoms with Crippen LogP contribution < -0.4 is 4.74 Å². The number of ether oxygens (including phenoxy) is 1. The van der Waals surface area contributed by atoms with Crippen molar-refractivity contribution in [2.45, 2.75) is 13.5 Å². The summed E-state index contributed by atoms with van der Waals surface area (Å²) in [5, 5.41) is 3.90. The first kappa shape index (κ1) is 20.8. The maximum Gasteiger partial charge on any atom is 0.260 e. The molecule has 1 aliphatic heterocycles. The van der Waals surface area contributed by atoms with Crippen LogP contribution in [0.3, 0.4) is 0 Å². The van der Waals surface area contributed by atoms with Gasteiger partial charge in [0.1, 0.15) is 10.8 Å². The Morgan fingerprint density at radius 1 is 1.10 bits per heavy atom. The Hall–Kier alpha value is -2.41. The van der Waals surface area contributed by atoms with E-state index in [1.165, 1.54) is 0 Å². The highest BCUT2D eigenvalue weighted by atomic mass is 35.5. The third-order valence-electron chi connectivity index (χ3n) is 5.22. The van der Waals surface area contributed by atoms with Gasteiger partial charge in [0.25, 0.3) is 5.91 Å². The summed E-state index contributed by atoms with van der Waals surface area (Å²) in [5.74, 6) is 0.807. The molecule has 1 saturated heterocycles. The largest absolute Gasteiger partial charge is 0.484 e. The lowest BCUT2D eigenvalue weighted by molar-refractivity contribution is -0.135. The zero-order valence-electron chi connectivity index (χ0n) is 16.9. The summed E-state index contributed by atoms with van der Waals surface area (Å²) in [5.41, 5.74) is 3.09. The Balaban J connectivity index is 1.25. The van der Waals surface area contributed by atoms with Crippen molar-refractivity contribution in [3.05, 3.63) is 69.5 Å². The van der Waals surface area contributed by atoms with Gasteiger partial charge in [0.15, 0.2) is 6.61 Å². The minimum Gasteiger partial charge on any atom is -0.484 e. The lowest BCUT2D eigenvalue weighted by atomic mass is 10.2. The maximum atomic E-state index is 12.5. The molecule has 0 N–H and O–H groups in total. The van der Waals surface area contributed by atoms with Crippen LogP contribution in [-0.2, 0) is 11.3 Å². The third kappa shape index (κ3) is 5.19. The Morgan fingerprint density at radius 2 is 1.83 bits per heavy atom. The standard InChI is InChI=1S/C23H24ClN3O2S/c1-17-4-2-3-5-21(17)29-15-23(28)27-12-10-26(11-13-27)14-22-25-20(16-30-22)18-6-8-19(24)9-7-18/h2-9,16H,10-15H2,1H3. The number of para-hydroxylation sites is 1. The summed E-state index contributed by atoms with van der Waals surface area (Å²) in [7, 11) is 0. The van der Waals surface area contributed by atoms with Gasteiger partial charge in [-0.05, 0) is 30.7 Å². The lowest BCUT2D eigenvalue weighted by Gasteiger charge is -2.34. The highest BCUT2D eigenvalue weighted by Gasteiger charge is 2.22. The smallest absolute Gasteiger partial charge is 0.260 e. The number of hydrogen-bond acceptors (Lipinski definition) is 5. The predicted molar refractivity (Wildman–Crippen MR) is 121 cm³/mol. The van der Waals surface area contributed by atoms with Crippen LogP contribution in [-0.4, -0.2) is 53.5 Å². The second kappa shape index (κ2) is 9.60. The van der Waals surface area contributed by atoms with E-state index in [-0.39, 0.29) is 12.5 Å². The number of piperazine rings is 1. The number of aromatic nitrogens is 1. The number of rotatable bonds is 6. The molecule has 1 aromatic heterocycles. The summed E-state index contributed by atoms with van der Waals surface area (Å²) in [6.07, 6.45) is 0. The SMILES string of the molecule is Cc1ccccc1OCC(=O)N1CCN(Cc2nc(-c3ccc(Cl)cc3)cs2)CC1. The van der Waals surface area contributed by atoms with Gasteiger partial charge in [-0.2, -0.15) is 0 Å². The van der Waals surface area contributed by atoms with Gasteiger partial charge in [0, 0.05) is 42.1 Å². The molecular formula is C23H24ClN3O2S. The van der Waals surface area contributed by atoms with E-state index in [2.05, 4.69) is 10.3 Å². The molecular weight excluding hydrogens is 418 g/mol. The summed E-state index contributed by atoms with van der Waals surface area (Å²) in [6.45, 7) is 5.98. The first-order valence-electron chi connectivity index (χ1n) is 9.97. The van der Waals surface area contributed by atoms with E-state index in [4.69, 9.17) is 21.3 Å². The van der Waals surface area contributed by atoms with E-state index in [9.17, 15) is 4.79 Å². The maximum absolute atomic E-state index is 12.5. The van der Waals surface area contributed by atoms with Crippen molar-refractivity contribution in [1.29, 1.82) is 0 Å². The molecule has 4 rings (SSSR count). The van der Waals surface area contributed by atoms with Crippen molar-refractivity contribution in [2.24, 2.45) is 0 Å². The van der Waals surface area contributed by atoms with Gasteiger partial charge in [-0.1, -0.05) is 41.9 Å². The molecule has 0 bridgehead atoms. The molecule has 7 heteroatoms. The molecule has 1 fully saturated rings. The van der Waals surface area contributed by atoms with Gasteiger partial charge < -0.3 is 9.64 Å². The molecule has 30 heavy (non-hydrogen) atoms. The number of benzene rings is 2. The molecule has 0 radical (unpaired) electrons. The molecule has 1 aliphatic rings. The van der Waals surface area contributed by atoms with Crippen molar-refractivity contribution in [1.82, 2.24) is 14.8 Å². The molecule has 156 valence electrons. The molecule has 0 saturated carbocycles. The number of halogens is 1. The second-order valence-corrected chi connectivity index (χ2v) is 8.72. The third-order valence-corrected chi connectivity index (χ3v) is 6.31. The molecule has 0 aliphatic carbocycles. The number of amides is 1.